The number of ether oxygens (including phenoxy) is 1. The van der Waals surface area contributed by atoms with Gasteiger partial charge >= 0.3 is 10.4 Å². The molecule has 0 aliphatic rings. The number of methoxy groups -OCH3 is 1. The van der Waals surface area contributed by atoms with E-state index < -0.39 is 134 Å². The molecule has 0 atom stereocenters. The molecule has 66 heavy (non-hydrogen) atoms. The average Bonchev–Trinajstić information content (AvgIpc) is 3.23. The molecule has 0 amide bonds. The number of nitrogen functional groups attached to an aromatic ring is 2. The topological polar surface area (TPSA) is 463 Å². The zero-order valence-corrected chi connectivity index (χ0v) is 38.2. The van der Waals surface area contributed by atoms with Gasteiger partial charge in [0.15, 0.2) is 32.0 Å². The van der Waals surface area contributed by atoms with Crippen LogP contribution in [-0.2, 0) is 77.4 Å². The summed E-state index contributed by atoms with van der Waals surface area (Å²) >= 11 is 0.263. The number of anilines is 2. The second kappa shape index (κ2) is 22.7. The molecule has 0 heterocycles. The highest BCUT2D eigenvalue weighted by molar-refractivity contribution is 7.95. The van der Waals surface area contributed by atoms with Crippen molar-refractivity contribution < 1.29 is 98.1 Å². The fourth-order valence-electron chi connectivity index (χ4n) is 4.74. The molecule has 0 aliphatic heterocycles. The third-order valence-corrected chi connectivity index (χ3v) is 14.3. The van der Waals surface area contributed by atoms with Gasteiger partial charge in [-0.2, -0.15) is 25.3 Å². The van der Waals surface area contributed by atoms with Gasteiger partial charge in [0.05, 0.1) is 69.9 Å². The number of hydrogen-bond donors (Lipinski definition) is 7. The summed E-state index contributed by atoms with van der Waals surface area (Å²) in [5.74, 6) is -1.72. The van der Waals surface area contributed by atoms with Crippen LogP contribution in [0.3, 0.4) is 0 Å². The first-order valence-electron chi connectivity index (χ1n) is 16.7. The van der Waals surface area contributed by atoms with E-state index in [1.54, 1.807) is 0 Å². The Bertz CT molecular complexity index is 3100. The predicted octanol–water partition coefficient (Wildman–Crippen LogP) is 5.40. The standard InChI is InChI=1S/C29H30N8O22S7/c1-53-16-2-5-20(25(12-16)64(44,45)46)33-35-22-15-23(36-34-21-7-4-18(14-26(21)65(47,48)49)62(40,41)10-8-54-61-59-57-39)28(31)29(27(22)30)37-32-19-6-3-17(13-24(19)60-58-56-38)63(42,43)11-9-55-66(50,51)52/h2-7,12-15,38-39H,8-11,30-31H2,1H3,(H,44,45,46)(H,47,48,49)(H,50,51,52). The second-order valence-corrected chi connectivity index (χ2v) is 21.2. The molecular formula is C29H30N8O22S7. The molecule has 4 aromatic rings. The van der Waals surface area contributed by atoms with Crippen LogP contribution in [0.2, 0.25) is 0 Å². The summed E-state index contributed by atoms with van der Waals surface area (Å²) in [6.45, 7) is -1.54. The van der Waals surface area contributed by atoms with Gasteiger partial charge in [-0.1, -0.05) is 10.1 Å². The van der Waals surface area contributed by atoms with E-state index in [1.165, 1.54) is 13.2 Å². The average molecular weight is 1070 g/mol. The number of sulfone groups is 2. The van der Waals surface area contributed by atoms with Crippen LogP contribution in [0, 0.1) is 0 Å². The summed E-state index contributed by atoms with van der Waals surface area (Å²) in [4.78, 5) is -3.21. The number of rotatable bonds is 24. The molecule has 0 aliphatic carbocycles. The van der Waals surface area contributed by atoms with Gasteiger partial charge in [0, 0.05) is 6.07 Å². The van der Waals surface area contributed by atoms with E-state index in [0.29, 0.717) is 6.07 Å². The lowest BCUT2D eigenvalue weighted by atomic mass is 10.2. The molecule has 9 N–H and O–H groups in total. The smallest absolute Gasteiger partial charge is 0.397 e. The van der Waals surface area contributed by atoms with Crippen molar-refractivity contribution in [1.29, 1.82) is 0 Å². The Morgan fingerprint density at radius 1 is 0.576 bits per heavy atom. The third-order valence-electron chi connectivity index (χ3n) is 7.71. The zero-order valence-electron chi connectivity index (χ0n) is 32.5. The Balaban J connectivity index is 1.88. The molecule has 0 bridgehead atoms. The molecule has 30 nitrogen and oxygen atoms in total. The van der Waals surface area contributed by atoms with Crippen molar-refractivity contribution in [3.8, 4) is 5.75 Å². The van der Waals surface area contributed by atoms with Crippen molar-refractivity contribution in [2.24, 2.45) is 30.7 Å². The van der Waals surface area contributed by atoms with Gasteiger partial charge in [0.2, 0.25) is 0 Å². The van der Waals surface area contributed by atoms with Crippen LogP contribution < -0.4 is 16.2 Å². The van der Waals surface area contributed by atoms with E-state index in [0.717, 1.165) is 48.5 Å². The van der Waals surface area contributed by atoms with E-state index in [-0.39, 0.29) is 40.7 Å². The Labute approximate surface area is 381 Å². The molecule has 37 heteroatoms. The van der Waals surface area contributed by atoms with E-state index in [9.17, 15) is 51.2 Å². The number of hydrogen-bond acceptors (Lipinski definition) is 29. The Hall–Kier alpha value is -4.91. The van der Waals surface area contributed by atoms with Crippen molar-refractivity contribution in [2.45, 2.75) is 24.5 Å². The maximum atomic E-state index is 12.9. The van der Waals surface area contributed by atoms with E-state index in [4.69, 9.17) is 35.5 Å². The second-order valence-electron chi connectivity index (χ2n) is 11.9. The first-order chi connectivity index (χ1) is 30.8. The molecule has 4 aromatic carbocycles. The Morgan fingerprint density at radius 3 is 1.59 bits per heavy atom. The first-order valence-corrected chi connectivity index (χ1v) is 25.6. The molecule has 0 fully saturated rings. The fourth-order valence-corrected chi connectivity index (χ4v) is 9.59. The summed E-state index contributed by atoms with van der Waals surface area (Å²) in [6.07, 6.45) is 0. The van der Waals surface area contributed by atoms with Crippen LogP contribution in [-0.4, -0.2) is 98.1 Å². The molecule has 360 valence electrons. The normalized spacial score (nSPS) is 13.1. The van der Waals surface area contributed by atoms with Crippen LogP contribution in [0.25, 0.3) is 0 Å². The van der Waals surface area contributed by atoms with Gasteiger partial charge in [-0.15, -0.1) is 39.4 Å². The van der Waals surface area contributed by atoms with Crippen LogP contribution in [0.15, 0.2) is 116 Å². The van der Waals surface area contributed by atoms with E-state index >= 15 is 0 Å². The highest BCUT2D eigenvalue weighted by Crippen LogP contribution is 2.46. The summed E-state index contributed by atoms with van der Waals surface area (Å²) in [7, 11) is -22.6. The van der Waals surface area contributed by atoms with Gasteiger partial charge in [-0.3, -0.25) is 17.8 Å². The molecule has 0 spiro atoms. The Morgan fingerprint density at radius 2 is 1.06 bits per heavy atom. The number of azo groups is 3. The molecule has 0 radical (unpaired) electrons. The molecule has 0 unspecified atom stereocenters. The monoisotopic (exact) mass is 1070 g/mol. The van der Waals surface area contributed by atoms with Gasteiger partial charge in [-0.25, -0.2) is 31.5 Å². The van der Waals surface area contributed by atoms with Crippen molar-refractivity contribution in [2.75, 3.05) is 43.3 Å². The summed E-state index contributed by atoms with van der Waals surface area (Å²) in [6, 6.07) is 9.47. The first kappa shape index (κ1) is 53.7. The minimum Gasteiger partial charge on any atom is -0.497 e. The number of nitrogens with two attached hydrogens (primary N) is 2. The quantitative estimate of drug-likeness (QED) is 0.00878. The molecule has 0 saturated carbocycles. The van der Waals surface area contributed by atoms with Crippen molar-refractivity contribution in [3.05, 3.63) is 60.7 Å². The van der Waals surface area contributed by atoms with Crippen molar-refractivity contribution in [1.82, 2.24) is 0 Å². The lowest BCUT2D eigenvalue weighted by Gasteiger charge is -2.11. The largest absolute Gasteiger partial charge is 0.497 e. The SMILES string of the molecule is COc1ccc(N=Nc2cc(N=Nc3ccc(S(=O)(=O)CCOSOOO)cc3S(=O)(=O)O)c(N)c(N=Nc3ccc(S(=O)(=O)CCOS(=O)(=O)O)cc3SOOO)c2N)c(S(=O)(=O)O)c1. The van der Waals surface area contributed by atoms with Gasteiger partial charge < -0.3 is 16.2 Å². The zero-order chi connectivity index (χ0) is 49.1. The minimum atomic E-state index is -5.25. The van der Waals surface area contributed by atoms with Gasteiger partial charge in [0.1, 0.15) is 49.7 Å². The van der Waals surface area contributed by atoms with Crippen LogP contribution in [0.4, 0.5) is 45.5 Å². The maximum Gasteiger partial charge on any atom is 0.397 e. The fraction of sp³-hybridized carbons (Fsp3) is 0.172. The molecule has 4 rings (SSSR count). The van der Waals surface area contributed by atoms with Crippen LogP contribution in [0.1, 0.15) is 0 Å². The van der Waals surface area contributed by atoms with Crippen LogP contribution >= 0.6 is 24.4 Å². The van der Waals surface area contributed by atoms with Crippen LogP contribution in [0.5, 0.6) is 5.75 Å². The molecular weight excluding hydrogens is 1040 g/mol. The van der Waals surface area contributed by atoms with Crippen molar-refractivity contribution >= 4 is 120 Å². The number of nitrogens with zero attached hydrogens (tertiary/aromatic N) is 6. The van der Waals surface area contributed by atoms with Gasteiger partial charge in [0.25, 0.3) is 20.2 Å². The lowest BCUT2D eigenvalue weighted by Crippen LogP contribution is -2.15. The summed E-state index contributed by atoms with van der Waals surface area (Å²) in [5.41, 5.74) is 8.89. The molecule has 0 aromatic heterocycles. The Kier molecular flexibility index (Phi) is 18.5. The third kappa shape index (κ3) is 15.1. The predicted molar refractivity (Wildman–Crippen MR) is 224 cm³/mol. The number of benzene rings is 4. The summed E-state index contributed by atoms with van der Waals surface area (Å²) in [5, 5.41) is 47.3. The molecule has 0 saturated heterocycles. The highest BCUT2D eigenvalue weighted by Gasteiger charge is 2.24. The highest BCUT2D eigenvalue weighted by atomic mass is 32.3. The van der Waals surface area contributed by atoms with E-state index in [1.807, 2.05) is 0 Å². The minimum absolute atomic E-state index is 0.00727. The van der Waals surface area contributed by atoms with Gasteiger partial charge in [-0.05, 0) is 54.6 Å². The van der Waals surface area contributed by atoms with E-state index in [2.05, 4.69) is 53.6 Å². The maximum absolute atomic E-state index is 12.9. The van der Waals surface area contributed by atoms with Crippen molar-refractivity contribution in [3.63, 3.8) is 0 Å². The lowest BCUT2D eigenvalue weighted by molar-refractivity contribution is -0.434. The summed E-state index contributed by atoms with van der Waals surface area (Å²) < 4.78 is 173.